The van der Waals surface area contributed by atoms with Gasteiger partial charge < -0.3 is 45.6 Å². The molecule has 2 heterocycles. The molecule has 0 spiro atoms. The zero-order valence-electron chi connectivity index (χ0n) is 31.4. The van der Waals surface area contributed by atoms with Crippen molar-refractivity contribution in [3.8, 4) is 40.2 Å². The van der Waals surface area contributed by atoms with Gasteiger partial charge in [0.2, 0.25) is 5.78 Å². The third-order valence-corrected chi connectivity index (χ3v) is 8.62. The summed E-state index contributed by atoms with van der Waals surface area (Å²) in [5.41, 5.74) is 0.0453. The van der Waals surface area contributed by atoms with Crippen molar-refractivity contribution in [1.82, 2.24) is 20.6 Å². The third kappa shape index (κ3) is 9.70. The van der Waals surface area contributed by atoms with Crippen LogP contribution in [0.1, 0.15) is 42.7 Å². The maximum atomic E-state index is 13.3. The molecule has 16 nitrogen and oxygen atoms in total. The van der Waals surface area contributed by atoms with Crippen molar-refractivity contribution in [3.63, 3.8) is 0 Å². The standard InChI is InChI=1S/C25H18N2O6.C19H16N2O6/c28-20(29)14-26-25(32)22-24(31)18-12-11-17(33-16-9-5-2-6-10-16)13-19(18)21(27-22)23(30)15-7-3-1-4-8-15;1-10-15-8-13(27-12-4-2-11(22)3-5-12)6-7-14(15)18(25)17(21-10)19(26)20-9-16(23)24/h1-13,31H,14H2,(H,26,32)(H,28,29);2-8,22,25H,9H2,1H3,(H,20,26)(H,23,24). The van der Waals surface area contributed by atoms with E-state index in [1.165, 1.54) is 18.2 Å². The Hall–Kier alpha value is -8.53. The number of aryl methyl sites for hydroxylation is 1. The lowest BCUT2D eigenvalue weighted by Crippen LogP contribution is -2.30. The molecular formula is C44H34N4O12. The third-order valence-electron chi connectivity index (χ3n) is 8.62. The van der Waals surface area contributed by atoms with Gasteiger partial charge in [-0.2, -0.15) is 0 Å². The van der Waals surface area contributed by atoms with E-state index in [2.05, 4.69) is 20.6 Å². The SMILES string of the molecule is Cc1nc(C(=O)NCC(=O)O)c(O)c2ccc(Oc3ccc(O)cc3)cc12.O=C(O)CNC(=O)c1nc(C(=O)c2ccccc2)c2cc(Oc3ccccc3)ccc2c1O. The number of carboxylic acids is 2. The second kappa shape index (κ2) is 18.2. The second-order valence-electron chi connectivity index (χ2n) is 12.8. The van der Waals surface area contributed by atoms with Gasteiger partial charge >= 0.3 is 11.9 Å². The molecule has 0 radical (unpaired) electrons. The van der Waals surface area contributed by atoms with Gasteiger partial charge in [0.25, 0.3) is 11.8 Å². The molecule has 0 saturated carbocycles. The molecule has 0 fully saturated rings. The Morgan fingerprint density at radius 1 is 0.517 bits per heavy atom. The molecule has 0 bridgehead atoms. The van der Waals surface area contributed by atoms with Gasteiger partial charge in [0.1, 0.15) is 47.5 Å². The summed E-state index contributed by atoms with van der Waals surface area (Å²) in [6, 6.07) is 33.1. The smallest absolute Gasteiger partial charge is 0.322 e. The molecule has 7 N–H and O–H groups in total. The van der Waals surface area contributed by atoms with Gasteiger partial charge in [0, 0.05) is 32.8 Å². The zero-order valence-corrected chi connectivity index (χ0v) is 31.4. The minimum Gasteiger partial charge on any atom is -0.508 e. The number of carbonyl (C=O) groups is 5. The largest absolute Gasteiger partial charge is 0.508 e. The summed E-state index contributed by atoms with van der Waals surface area (Å²) < 4.78 is 11.6. The normalized spacial score (nSPS) is 10.6. The molecule has 16 heteroatoms. The highest BCUT2D eigenvalue weighted by atomic mass is 16.5. The van der Waals surface area contributed by atoms with Crippen LogP contribution in [-0.4, -0.2) is 78.1 Å². The Labute approximate surface area is 339 Å². The van der Waals surface area contributed by atoms with E-state index in [1.54, 1.807) is 91.9 Å². The van der Waals surface area contributed by atoms with Crippen LogP contribution in [0.5, 0.6) is 40.2 Å². The second-order valence-corrected chi connectivity index (χ2v) is 12.8. The molecule has 7 aromatic rings. The summed E-state index contributed by atoms with van der Waals surface area (Å²) in [6.45, 7) is 0.431. The van der Waals surface area contributed by atoms with Crippen LogP contribution in [0.2, 0.25) is 0 Å². The van der Waals surface area contributed by atoms with E-state index >= 15 is 0 Å². The maximum Gasteiger partial charge on any atom is 0.322 e. The molecule has 60 heavy (non-hydrogen) atoms. The van der Waals surface area contributed by atoms with E-state index in [1.807, 2.05) is 18.2 Å². The number of hydrogen-bond acceptors (Lipinski definition) is 12. The summed E-state index contributed by atoms with van der Waals surface area (Å²) in [7, 11) is 0. The Balaban J connectivity index is 0.000000205. The lowest BCUT2D eigenvalue weighted by Gasteiger charge is -2.13. The van der Waals surface area contributed by atoms with Crippen LogP contribution in [0.4, 0.5) is 0 Å². The number of pyridine rings is 2. The van der Waals surface area contributed by atoms with Gasteiger partial charge in [-0.3, -0.25) is 24.0 Å². The number of para-hydroxylation sites is 1. The van der Waals surface area contributed by atoms with Gasteiger partial charge in [-0.15, -0.1) is 0 Å². The first-order valence-corrected chi connectivity index (χ1v) is 17.9. The molecule has 0 aliphatic heterocycles. The lowest BCUT2D eigenvalue weighted by atomic mass is 10.00. The zero-order chi connectivity index (χ0) is 42.9. The average molecular weight is 811 g/mol. The van der Waals surface area contributed by atoms with Crippen LogP contribution in [-0.2, 0) is 9.59 Å². The number of hydrogen-bond donors (Lipinski definition) is 7. The number of nitrogens with one attached hydrogen (secondary N) is 2. The lowest BCUT2D eigenvalue weighted by molar-refractivity contribution is -0.136. The quantitative estimate of drug-likeness (QED) is 0.0665. The molecule has 5 aromatic carbocycles. The number of carboxylic acid groups (broad SMARTS) is 2. The van der Waals surface area contributed by atoms with Crippen LogP contribution in [0, 0.1) is 6.92 Å². The number of carbonyl (C=O) groups excluding carboxylic acids is 3. The van der Waals surface area contributed by atoms with Crippen molar-refractivity contribution in [2.75, 3.05) is 13.1 Å². The highest BCUT2D eigenvalue weighted by molar-refractivity contribution is 6.17. The highest BCUT2D eigenvalue weighted by Gasteiger charge is 2.24. The van der Waals surface area contributed by atoms with Gasteiger partial charge in [0.05, 0.1) is 0 Å². The molecule has 7 rings (SSSR count). The van der Waals surface area contributed by atoms with Crippen molar-refractivity contribution < 1.29 is 59.0 Å². The Kier molecular flexibility index (Phi) is 12.4. The number of benzene rings is 5. The van der Waals surface area contributed by atoms with Crippen LogP contribution in [0.25, 0.3) is 21.5 Å². The Bertz CT molecular complexity index is 2760. The number of rotatable bonds is 12. The van der Waals surface area contributed by atoms with Crippen molar-refractivity contribution in [2.45, 2.75) is 6.92 Å². The van der Waals surface area contributed by atoms with E-state index in [4.69, 9.17) is 19.7 Å². The molecule has 0 atom stereocenters. The number of aromatic hydroxyl groups is 3. The van der Waals surface area contributed by atoms with Crippen molar-refractivity contribution in [1.29, 1.82) is 0 Å². The minimum absolute atomic E-state index is 0.0759. The number of nitrogens with zero attached hydrogens (tertiary/aromatic N) is 2. The number of aromatic nitrogens is 2. The average Bonchev–Trinajstić information content (AvgIpc) is 3.25. The number of ketones is 1. The van der Waals surface area contributed by atoms with Crippen LogP contribution >= 0.6 is 0 Å². The van der Waals surface area contributed by atoms with Crippen molar-refractivity contribution >= 4 is 51.1 Å². The molecule has 0 aliphatic rings. The first kappa shape index (κ1) is 41.1. The number of fused-ring (bicyclic) bond motifs is 2. The first-order valence-electron chi connectivity index (χ1n) is 17.9. The van der Waals surface area contributed by atoms with E-state index in [0.29, 0.717) is 45.0 Å². The summed E-state index contributed by atoms with van der Waals surface area (Å²) in [4.78, 5) is 67.5. The fraction of sp³-hybridized carbons (Fsp3) is 0.0682. The summed E-state index contributed by atoms with van der Waals surface area (Å²) >= 11 is 0. The molecule has 2 amide bonds. The van der Waals surface area contributed by atoms with E-state index in [-0.39, 0.29) is 33.7 Å². The van der Waals surface area contributed by atoms with Gasteiger partial charge in [-0.05, 0) is 79.7 Å². The number of phenols is 1. The number of aliphatic carboxylic acids is 2. The summed E-state index contributed by atoms with van der Waals surface area (Å²) in [6.07, 6.45) is 0. The fourth-order valence-electron chi connectivity index (χ4n) is 5.81. The molecule has 2 aromatic heterocycles. The topological polar surface area (TPSA) is 255 Å². The van der Waals surface area contributed by atoms with E-state index < -0.39 is 54.1 Å². The summed E-state index contributed by atoms with van der Waals surface area (Å²) in [5, 5.41) is 53.7. The van der Waals surface area contributed by atoms with Crippen LogP contribution in [0.3, 0.4) is 0 Å². The van der Waals surface area contributed by atoms with Gasteiger partial charge in [-0.1, -0.05) is 48.5 Å². The van der Waals surface area contributed by atoms with Gasteiger partial charge in [-0.25, -0.2) is 9.97 Å². The predicted molar refractivity (Wildman–Crippen MR) is 216 cm³/mol. The monoisotopic (exact) mass is 810 g/mol. The molecular weight excluding hydrogens is 776 g/mol. The molecule has 302 valence electrons. The van der Waals surface area contributed by atoms with E-state index in [9.17, 15) is 39.3 Å². The Morgan fingerprint density at radius 3 is 1.50 bits per heavy atom. The minimum atomic E-state index is -1.26. The highest BCUT2D eigenvalue weighted by Crippen LogP contribution is 2.36. The maximum absolute atomic E-state index is 13.3. The van der Waals surface area contributed by atoms with Crippen LogP contribution < -0.4 is 20.1 Å². The fourth-order valence-corrected chi connectivity index (χ4v) is 5.81. The molecule has 0 saturated heterocycles. The van der Waals surface area contributed by atoms with Crippen molar-refractivity contribution in [3.05, 3.63) is 150 Å². The van der Waals surface area contributed by atoms with Gasteiger partial charge in [0.15, 0.2) is 22.9 Å². The first-order chi connectivity index (χ1) is 28.8. The number of phenolic OH excluding ortho intramolecular Hbond substituents is 1. The predicted octanol–water partition coefficient (Wildman–Crippen LogP) is 6.34. The number of amides is 2. The number of ether oxygens (including phenoxy) is 2. The van der Waals surface area contributed by atoms with Crippen molar-refractivity contribution in [2.24, 2.45) is 0 Å². The Morgan fingerprint density at radius 2 is 0.967 bits per heavy atom. The molecule has 0 unspecified atom stereocenters. The van der Waals surface area contributed by atoms with Crippen LogP contribution in [0.15, 0.2) is 121 Å². The summed E-state index contributed by atoms with van der Waals surface area (Å²) in [5.74, 6) is -3.30. The van der Waals surface area contributed by atoms with E-state index in [0.717, 1.165) is 0 Å². The molecule has 0 aliphatic carbocycles.